The van der Waals surface area contributed by atoms with E-state index >= 15 is 0 Å². The smallest absolute Gasteiger partial charge is 0.338 e. The molecule has 0 atom stereocenters. The highest BCUT2D eigenvalue weighted by atomic mass is 16.5. The molecule has 5 nitrogen and oxygen atoms in total. The Kier molecular flexibility index (Phi) is 5.99. The summed E-state index contributed by atoms with van der Waals surface area (Å²) in [5, 5.41) is 9.63. The van der Waals surface area contributed by atoms with Gasteiger partial charge in [-0.2, -0.15) is 0 Å². The van der Waals surface area contributed by atoms with Gasteiger partial charge in [0.2, 0.25) is 0 Å². The zero-order chi connectivity index (χ0) is 14.3. The van der Waals surface area contributed by atoms with Crippen LogP contribution < -0.4 is 0 Å². The molecule has 5 heteroatoms. The van der Waals surface area contributed by atoms with Crippen LogP contribution in [0.4, 0.5) is 5.69 Å². The molecule has 19 heavy (non-hydrogen) atoms. The van der Waals surface area contributed by atoms with Crippen molar-refractivity contribution in [2.45, 2.75) is 26.7 Å². The number of benzene rings is 1. The normalized spacial score (nSPS) is 10.7. The number of hydrogen-bond acceptors (Lipinski definition) is 4. The summed E-state index contributed by atoms with van der Waals surface area (Å²) in [4.78, 5) is 11.8. The van der Waals surface area contributed by atoms with Crippen LogP contribution in [0, 0.1) is 6.92 Å². The van der Waals surface area contributed by atoms with Crippen molar-refractivity contribution in [3.05, 3.63) is 29.3 Å². The molecule has 1 rings (SSSR count). The summed E-state index contributed by atoms with van der Waals surface area (Å²) >= 11 is 0. The summed E-state index contributed by atoms with van der Waals surface area (Å²) < 4.78 is 5.17. The maximum absolute atomic E-state index is 11.8. The van der Waals surface area contributed by atoms with Crippen LogP contribution in [0.3, 0.4) is 0 Å². The first-order chi connectivity index (χ1) is 9.04. The highest BCUT2D eigenvalue weighted by Gasteiger charge is 2.09. The molecular formula is C14H21N3O2. The zero-order valence-corrected chi connectivity index (χ0v) is 12.0. The molecule has 0 aliphatic carbocycles. The second-order valence-electron chi connectivity index (χ2n) is 4.53. The van der Waals surface area contributed by atoms with Gasteiger partial charge in [-0.15, -0.1) is 5.11 Å². The highest BCUT2D eigenvalue weighted by molar-refractivity contribution is 5.90. The largest absolute Gasteiger partial charge is 0.462 e. The number of carbonyl (C=O) groups is 1. The van der Waals surface area contributed by atoms with Crippen LogP contribution in [0.2, 0.25) is 0 Å². The second kappa shape index (κ2) is 7.51. The molecule has 0 fully saturated rings. The van der Waals surface area contributed by atoms with Crippen molar-refractivity contribution in [3.63, 3.8) is 0 Å². The van der Waals surface area contributed by atoms with E-state index in [2.05, 4.69) is 17.3 Å². The van der Waals surface area contributed by atoms with Gasteiger partial charge >= 0.3 is 5.97 Å². The predicted octanol–water partition coefficient (Wildman–Crippen LogP) is 3.51. The average molecular weight is 263 g/mol. The van der Waals surface area contributed by atoms with Crippen molar-refractivity contribution in [1.82, 2.24) is 5.01 Å². The van der Waals surface area contributed by atoms with Crippen molar-refractivity contribution in [2.24, 2.45) is 10.3 Å². The summed E-state index contributed by atoms with van der Waals surface area (Å²) in [5.41, 5.74) is 2.16. The number of aryl methyl sites for hydroxylation is 1. The Morgan fingerprint density at radius 2 is 2.11 bits per heavy atom. The van der Waals surface area contributed by atoms with Crippen molar-refractivity contribution in [3.8, 4) is 0 Å². The quantitative estimate of drug-likeness (QED) is 0.341. The molecule has 0 amide bonds. The van der Waals surface area contributed by atoms with E-state index in [1.165, 1.54) is 0 Å². The summed E-state index contributed by atoms with van der Waals surface area (Å²) in [6.45, 7) is 4.44. The molecule has 0 unspecified atom stereocenters. The summed E-state index contributed by atoms with van der Waals surface area (Å²) in [6, 6.07) is 5.30. The molecule has 0 N–H and O–H groups in total. The molecule has 0 bridgehead atoms. The molecule has 0 radical (unpaired) electrons. The van der Waals surface area contributed by atoms with Gasteiger partial charge in [-0.25, -0.2) is 4.79 Å². The maximum Gasteiger partial charge on any atom is 0.338 e. The van der Waals surface area contributed by atoms with Gasteiger partial charge in [0, 0.05) is 14.1 Å². The molecule has 104 valence electrons. The van der Waals surface area contributed by atoms with E-state index in [-0.39, 0.29) is 5.97 Å². The Morgan fingerprint density at radius 1 is 1.37 bits per heavy atom. The fourth-order valence-corrected chi connectivity index (χ4v) is 1.37. The molecule has 0 saturated carbocycles. The van der Waals surface area contributed by atoms with Crippen LogP contribution in [0.1, 0.15) is 35.7 Å². The third kappa shape index (κ3) is 5.07. The van der Waals surface area contributed by atoms with Gasteiger partial charge in [0.15, 0.2) is 0 Å². The van der Waals surface area contributed by atoms with Gasteiger partial charge in [-0.1, -0.05) is 24.6 Å². The Labute approximate surface area is 114 Å². The standard InChI is InChI=1S/C14H21N3O2/c1-5-6-9-19-14(18)12-8-7-11(2)13(10-12)15-16-17(3)4/h7-8,10H,5-6,9H2,1-4H3. The van der Waals surface area contributed by atoms with Crippen LogP contribution in [0.5, 0.6) is 0 Å². The van der Waals surface area contributed by atoms with Crippen LogP contribution in [0.15, 0.2) is 28.5 Å². The van der Waals surface area contributed by atoms with Crippen LogP contribution in [0.25, 0.3) is 0 Å². The van der Waals surface area contributed by atoms with Gasteiger partial charge in [-0.3, -0.25) is 5.01 Å². The summed E-state index contributed by atoms with van der Waals surface area (Å²) in [5.74, 6) is -0.310. The monoisotopic (exact) mass is 263 g/mol. The van der Waals surface area contributed by atoms with Gasteiger partial charge in [0.25, 0.3) is 0 Å². The number of carbonyl (C=O) groups excluding carboxylic acids is 1. The highest BCUT2D eigenvalue weighted by Crippen LogP contribution is 2.21. The third-order valence-electron chi connectivity index (χ3n) is 2.51. The van der Waals surface area contributed by atoms with E-state index in [0.717, 1.165) is 18.4 Å². The molecule has 0 spiro atoms. The lowest BCUT2D eigenvalue weighted by molar-refractivity contribution is 0.0500. The first-order valence-corrected chi connectivity index (χ1v) is 6.41. The zero-order valence-electron chi connectivity index (χ0n) is 12.0. The fraction of sp³-hybridized carbons (Fsp3) is 0.500. The topological polar surface area (TPSA) is 54.3 Å². The Morgan fingerprint density at radius 3 is 2.74 bits per heavy atom. The van der Waals surface area contributed by atoms with E-state index < -0.39 is 0 Å². The lowest BCUT2D eigenvalue weighted by atomic mass is 10.1. The van der Waals surface area contributed by atoms with E-state index in [1.54, 1.807) is 31.2 Å². The molecule has 0 heterocycles. The predicted molar refractivity (Wildman–Crippen MR) is 74.6 cm³/mol. The van der Waals surface area contributed by atoms with Crippen LogP contribution >= 0.6 is 0 Å². The summed E-state index contributed by atoms with van der Waals surface area (Å²) in [7, 11) is 3.59. The first-order valence-electron chi connectivity index (χ1n) is 6.41. The minimum atomic E-state index is -0.310. The molecule has 1 aromatic carbocycles. The number of nitrogens with zero attached hydrogens (tertiary/aromatic N) is 3. The van der Waals surface area contributed by atoms with Gasteiger partial charge in [-0.05, 0) is 31.0 Å². The Balaban J connectivity index is 2.80. The van der Waals surface area contributed by atoms with Crippen molar-refractivity contribution < 1.29 is 9.53 Å². The SMILES string of the molecule is CCCCOC(=O)c1ccc(C)c(N=NN(C)C)c1. The van der Waals surface area contributed by atoms with Crippen LogP contribution in [-0.2, 0) is 4.74 Å². The second-order valence-corrected chi connectivity index (χ2v) is 4.53. The van der Waals surface area contributed by atoms with Crippen LogP contribution in [-0.4, -0.2) is 31.7 Å². The molecule has 0 aromatic heterocycles. The van der Waals surface area contributed by atoms with Crippen molar-refractivity contribution >= 4 is 11.7 Å². The van der Waals surface area contributed by atoms with E-state index in [4.69, 9.17) is 4.74 Å². The molecule has 1 aromatic rings. The van der Waals surface area contributed by atoms with E-state index in [9.17, 15) is 4.79 Å². The number of hydrogen-bond donors (Lipinski definition) is 0. The lowest BCUT2D eigenvalue weighted by Gasteiger charge is -2.06. The van der Waals surface area contributed by atoms with Gasteiger partial charge in [0.05, 0.1) is 17.9 Å². The molecular weight excluding hydrogens is 242 g/mol. The molecule has 0 saturated heterocycles. The van der Waals surface area contributed by atoms with Gasteiger partial charge < -0.3 is 4.74 Å². The minimum absolute atomic E-state index is 0.310. The molecule has 0 aliphatic rings. The lowest BCUT2D eigenvalue weighted by Crippen LogP contribution is -2.06. The number of unbranched alkanes of at least 4 members (excludes halogenated alkanes) is 1. The third-order valence-corrected chi connectivity index (χ3v) is 2.51. The van der Waals surface area contributed by atoms with Crippen molar-refractivity contribution in [2.75, 3.05) is 20.7 Å². The number of rotatable bonds is 6. The van der Waals surface area contributed by atoms with Gasteiger partial charge in [0.1, 0.15) is 0 Å². The average Bonchev–Trinajstić information content (AvgIpc) is 2.37. The number of ether oxygens (including phenoxy) is 1. The summed E-state index contributed by atoms with van der Waals surface area (Å²) in [6.07, 6.45) is 1.88. The minimum Gasteiger partial charge on any atom is -0.462 e. The maximum atomic E-state index is 11.8. The first kappa shape index (κ1) is 15.1. The van der Waals surface area contributed by atoms with E-state index in [1.807, 2.05) is 13.0 Å². The van der Waals surface area contributed by atoms with Crippen molar-refractivity contribution in [1.29, 1.82) is 0 Å². The Bertz CT molecular complexity index is 456. The fourth-order valence-electron chi connectivity index (χ4n) is 1.37. The number of esters is 1. The molecule has 0 aliphatic heterocycles. The van der Waals surface area contributed by atoms with E-state index in [0.29, 0.717) is 17.9 Å². The Hall–Kier alpha value is -1.91.